The molecule has 1 heterocycles. The second kappa shape index (κ2) is 7.04. The van der Waals surface area contributed by atoms with E-state index in [-0.39, 0.29) is 6.54 Å². The van der Waals surface area contributed by atoms with Crippen molar-refractivity contribution in [1.82, 2.24) is 4.90 Å². The lowest BCUT2D eigenvalue weighted by Crippen LogP contribution is -2.51. The van der Waals surface area contributed by atoms with Gasteiger partial charge >= 0.3 is 12.1 Å². The fourth-order valence-electron chi connectivity index (χ4n) is 3.01. The number of carboxylic acid groups (broad SMARTS) is 1. The SMILES string of the molecule is CC(C)(C)OC(=O)N1CC[C@](C)(C(=O)O)[C@@H](c2ccc(Cl)c(Cl)c2)C1. The molecule has 1 aliphatic heterocycles. The van der Waals surface area contributed by atoms with Crippen molar-refractivity contribution in [2.24, 2.45) is 5.41 Å². The van der Waals surface area contributed by atoms with Crippen molar-refractivity contribution in [1.29, 1.82) is 0 Å². The molecule has 138 valence electrons. The molecular formula is C18H23Cl2NO4. The first-order valence-corrected chi connectivity index (χ1v) is 8.86. The van der Waals surface area contributed by atoms with E-state index >= 15 is 0 Å². The highest BCUT2D eigenvalue weighted by molar-refractivity contribution is 6.42. The van der Waals surface area contributed by atoms with Crippen LogP contribution in [0.4, 0.5) is 4.79 Å². The maximum atomic E-state index is 12.4. The number of rotatable bonds is 2. The summed E-state index contributed by atoms with van der Waals surface area (Å²) in [4.78, 5) is 25.9. The lowest BCUT2D eigenvalue weighted by Gasteiger charge is -2.43. The standard InChI is InChI=1S/C18H23Cl2NO4/c1-17(2,3)25-16(24)21-8-7-18(4,15(22)23)12(10-21)11-5-6-13(19)14(20)9-11/h5-6,9,12H,7-8,10H2,1-4H3,(H,22,23)/t12-,18+/m1/s1. The second-order valence-corrected chi connectivity index (χ2v) is 8.44. The van der Waals surface area contributed by atoms with Crippen molar-refractivity contribution in [2.75, 3.05) is 13.1 Å². The minimum atomic E-state index is -1.00. The van der Waals surface area contributed by atoms with E-state index in [2.05, 4.69) is 0 Å². The molecular weight excluding hydrogens is 365 g/mol. The summed E-state index contributed by atoms with van der Waals surface area (Å²) in [7, 11) is 0. The van der Waals surface area contributed by atoms with Crippen molar-refractivity contribution in [3.8, 4) is 0 Å². The van der Waals surface area contributed by atoms with Gasteiger partial charge in [-0.1, -0.05) is 29.3 Å². The zero-order valence-electron chi connectivity index (χ0n) is 14.8. The summed E-state index contributed by atoms with van der Waals surface area (Å²) < 4.78 is 5.43. The van der Waals surface area contributed by atoms with E-state index in [1.54, 1.807) is 50.8 Å². The van der Waals surface area contributed by atoms with Crippen molar-refractivity contribution >= 4 is 35.3 Å². The zero-order chi connectivity index (χ0) is 19.0. The summed E-state index contributed by atoms with van der Waals surface area (Å²) in [5, 5.41) is 10.5. The number of benzene rings is 1. The van der Waals surface area contributed by atoms with Gasteiger partial charge in [-0.2, -0.15) is 0 Å². The molecule has 1 fully saturated rings. The van der Waals surface area contributed by atoms with Gasteiger partial charge in [-0.15, -0.1) is 0 Å². The Balaban J connectivity index is 2.34. The minimum Gasteiger partial charge on any atom is -0.481 e. The summed E-state index contributed by atoms with van der Waals surface area (Å²) >= 11 is 12.1. The number of nitrogens with zero attached hydrogens (tertiary/aromatic N) is 1. The number of aliphatic carboxylic acids is 1. The van der Waals surface area contributed by atoms with E-state index in [9.17, 15) is 14.7 Å². The van der Waals surface area contributed by atoms with Gasteiger partial charge < -0.3 is 14.7 Å². The Hall–Kier alpha value is -1.46. The van der Waals surface area contributed by atoms with Gasteiger partial charge in [0.25, 0.3) is 0 Å². The molecule has 25 heavy (non-hydrogen) atoms. The molecule has 0 unspecified atom stereocenters. The number of hydrogen-bond acceptors (Lipinski definition) is 3. The average Bonchev–Trinajstić information content (AvgIpc) is 2.48. The third-order valence-electron chi connectivity index (χ3n) is 4.56. The largest absolute Gasteiger partial charge is 0.481 e. The number of likely N-dealkylation sites (tertiary alicyclic amines) is 1. The topological polar surface area (TPSA) is 66.8 Å². The summed E-state index contributed by atoms with van der Waals surface area (Å²) in [6.07, 6.45) is -0.114. The molecule has 0 aromatic heterocycles. The quantitative estimate of drug-likeness (QED) is 0.790. The van der Waals surface area contributed by atoms with Gasteiger partial charge in [-0.3, -0.25) is 4.79 Å². The molecule has 1 saturated heterocycles. The van der Waals surface area contributed by atoms with Crippen LogP contribution in [-0.4, -0.2) is 40.8 Å². The van der Waals surface area contributed by atoms with Crippen molar-refractivity contribution in [3.63, 3.8) is 0 Å². The molecule has 1 aliphatic rings. The Bertz CT molecular complexity index is 686. The van der Waals surface area contributed by atoms with E-state index < -0.39 is 29.0 Å². The monoisotopic (exact) mass is 387 g/mol. The van der Waals surface area contributed by atoms with Gasteiger partial charge in [-0.05, 0) is 51.8 Å². The Labute approximate surface area is 157 Å². The molecule has 1 aromatic carbocycles. The summed E-state index contributed by atoms with van der Waals surface area (Å²) in [6.45, 7) is 7.67. The number of piperidine rings is 1. The lowest BCUT2D eigenvalue weighted by atomic mass is 9.69. The van der Waals surface area contributed by atoms with Crippen LogP contribution in [0.5, 0.6) is 0 Å². The van der Waals surface area contributed by atoms with Crippen molar-refractivity contribution in [2.45, 2.75) is 45.6 Å². The lowest BCUT2D eigenvalue weighted by molar-refractivity contribution is -0.152. The fourth-order valence-corrected chi connectivity index (χ4v) is 3.31. The molecule has 0 saturated carbocycles. The van der Waals surface area contributed by atoms with Crippen molar-refractivity contribution in [3.05, 3.63) is 33.8 Å². The molecule has 7 heteroatoms. The summed E-state index contributed by atoms with van der Waals surface area (Å²) in [5.74, 6) is -1.31. The second-order valence-electron chi connectivity index (χ2n) is 7.63. The Morgan fingerprint density at radius 1 is 1.28 bits per heavy atom. The predicted octanol–water partition coefficient (Wildman–Crippen LogP) is 4.81. The van der Waals surface area contributed by atoms with Crippen LogP contribution >= 0.6 is 23.2 Å². The molecule has 1 aromatic rings. The molecule has 0 bridgehead atoms. The number of carbonyl (C=O) groups is 2. The number of hydrogen-bond donors (Lipinski definition) is 1. The number of carbonyl (C=O) groups excluding carboxylic acids is 1. The van der Waals surface area contributed by atoms with E-state index in [1.165, 1.54) is 0 Å². The third kappa shape index (κ3) is 4.39. The van der Waals surface area contributed by atoms with Crippen LogP contribution in [0.1, 0.15) is 45.6 Å². The fraction of sp³-hybridized carbons (Fsp3) is 0.556. The minimum absolute atomic E-state index is 0.246. The van der Waals surface area contributed by atoms with Crippen LogP contribution < -0.4 is 0 Å². The predicted molar refractivity (Wildman–Crippen MR) is 97.4 cm³/mol. The van der Waals surface area contributed by atoms with Crippen molar-refractivity contribution < 1.29 is 19.4 Å². The number of amides is 1. The van der Waals surface area contributed by atoms with Crippen LogP contribution in [0.15, 0.2) is 18.2 Å². The molecule has 0 aliphatic carbocycles. The van der Waals surface area contributed by atoms with E-state index in [4.69, 9.17) is 27.9 Å². The third-order valence-corrected chi connectivity index (χ3v) is 5.30. The van der Waals surface area contributed by atoms with Gasteiger partial charge in [0, 0.05) is 19.0 Å². The molecule has 5 nitrogen and oxygen atoms in total. The highest BCUT2D eigenvalue weighted by atomic mass is 35.5. The van der Waals surface area contributed by atoms with Gasteiger partial charge in [0.15, 0.2) is 0 Å². The average molecular weight is 388 g/mol. The molecule has 1 N–H and O–H groups in total. The Kier molecular flexibility index (Phi) is 5.59. The van der Waals surface area contributed by atoms with E-state index in [0.717, 1.165) is 5.56 Å². The van der Waals surface area contributed by atoms with Gasteiger partial charge in [0.05, 0.1) is 15.5 Å². The van der Waals surface area contributed by atoms with E-state index in [1.807, 2.05) is 0 Å². The first-order valence-electron chi connectivity index (χ1n) is 8.10. The van der Waals surface area contributed by atoms with Gasteiger partial charge in [0.2, 0.25) is 0 Å². The summed E-state index contributed by atoms with van der Waals surface area (Å²) in [6, 6.07) is 5.08. The van der Waals surface area contributed by atoms with Crippen LogP contribution in [-0.2, 0) is 9.53 Å². The van der Waals surface area contributed by atoms with Crippen LogP contribution in [0, 0.1) is 5.41 Å². The van der Waals surface area contributed by atoms with Gasteiger partial charge in [-0.25, -0.2) is 4.79 Å². The number of ether oxygens (including phenoxy) is 1. The normalized spacial score (nSPS) is 24.1. The Morgan fingerprint density at radius 3 is 2.44 bits per heavy atom. The number of carboxylic acids is 1. The van der Waals surface area contributed by atoms with Crippen LogP contribution in [0.2, 0.25) is 10.0 Å². The first kappa shape index (κ1) is 19.9. The molecule has 1 amide bonds. The van der Waals surface area contributed by atoms with Gasteiger partial charge in [0.1, 0.15) is 5.60 Å². The smallest absolute Gasteiger partial charge is 0.410 e. The molecule has 0 radical (unpaired) electrons. The van der Waals surface area contributed by atoms with E-state index in [0.29, 0.717) is 23.0 Å². The maximum absolute atomic E-state index is 12.4. The molecule has 2 rings (SSSR count). The summed E-state index contributed by atoms with van der Waals surface area (Å²) in [5.41, 5.74) is -0.869. The van der Waals surface area contributed by atoms with Crippen LogP contribution in [0.3, 0.4) is 0 Å². The Morgan fingerprint density at radius 2 is 1.92 bits per heavy atom. The maximum Gasteiger partial charge on any atom is 0.410 e. The number of halogens is 2. The first-order chi connectivity index (χ1) is 11.4. The molecule has 2 atom stereocenters. The highest BCUT2D eigenvalue weighted by Crippen LogP contribution is 2.44. The highest BCUT2D eigenvalue weighted by Gasteiger charge is 2.47. The zero-order valence-corrected chi connectivity index (χ0v) is 16.3. The van der Waals surface area contributed by atoms with Crippen LogP contribution in [0.25, 0.3) is 0 Å². The molecule has 0 spiro atoms.